The van der Waals surface area contributed by atoms with E-state index in [-0.39, 0.29) is 50.8 Å². The summed E-state index contributed by atoms with van der Waals surface area (Å²) >= 11 is 0. The molecule has 0 spiro atoms. The number of nitrogens with zero attached hydrogens (tertiary/aromatic N) is 8. The van der Waals surface area contributed by atoms with Gasteiger partial charge in [-0.3, -0.25) is 19.6 Å². The number of amides is 2. The molecule has 2 radical (unpaired) electrons. The molecule has 0 aliphatic rings. The molecule has 5 rings (SSSR count). The molecule has 4 N–H and O–H groups in total. The Labute approximate surface area is 282 Å². The van der Waals surface area contributed by atoms with Crippen LogP contribution in [0.2, 0.25) is 0 Å². The molecule has 0 fully saturated rings. The van der Waals surface area contributed by atoms with E-state index in [0.717, 1.165) is 43.9 Å². The number of hydrogen-bond acceptors (Lipinski definition) is 10. The van der Waals surface area contributed by atoms with E-state index in [1.165, 1.54) is 41.5 Å². The summed E-state index contributed by atoms with van der Waals surface area (Å²) in [6, 6.07) is 22.8. The standard InChI is InChI=1S/C18H10N4.2C2H5NO.4C2H3N.2Rh/c1-2-8-14-13(7-1)21-17-11-5-3-9-19-15(11)16-12(18(17)22-14)6-4-10-20-16;2*1-2(3)4;4*1-2-3;;/h1-10H;2*1H3,(H2,3,4);4*1H3;;. The number of carbonyl (C=O) groups excluding carboxylic acids is 2. The number of pyridine rings is 2. The number of benzene rings is 2. The van der Waals surface area contributed by atoms with Crippen LogP contribution in [-0.2, 0) is 48.5 Å². The fraction of sp³-hybridized carbons (Fsp3) is 0.200. The second-order valence-corrected chi connectivity index (χ2v) is 7.32. The summed E-state index contributed by atoms with van der Waals surface area (Å²) in [5.74, 6) is -0.667. The van der Waals surface area contributed by atoms with Crippen molar-refractivity contribution in [3.8, 4) is 24.3 Å². The molecule has 2 aromatic carbocycles. The fourth-order valence-electron chi connectivity index (χ4n) is 2.95. The number of nitriles is 4. The molecular weight excluding hydrogens is 738 g/mol. The number of para-hydroxylation sites is 2. The molecule has 0 unspecified atom stereocenters. The SMILES string of the molecule is CC#N.CC#N.CC#N.CC#N.CC(N)=O.CC(N)=O.[Rh].[Rh].c1ccc2nc3c4cccnc4c4ncccc4c3nc2c1. The van der Waals surface area contributed by atoms with Crippen LogP contribution in [0.5, 0.6) is 0 Å². The average molecular weight is 770 g/mol. The van der Waals surface area contributed by atoms with Crippen LogP contribution in [0.4, 0.5) is 0 Å². The van der Waals surface area contributed by atoms with E-state index in [1.807, 2.05) is 48.5 Å². The van der Waals surface area contributed by atoms with Gasteiger partial charge < -0.3 is 11.5 Å². The Hall–Kier alpha value is -4.99. The van der Waals surface area contributed by atoms with Crippen LogP contribution in [0.1, 0.15) is 41.5 Å². The number of primary amides is 2. The van der Waals surface area contributed by atoms with E-state index < -0.39 is 0 Å². The number of rotatable bonds is 0. The first kappa shape index (κ1) is 46.0. The van der Waals surface area contributed by atoms with Gasteiger partial charge in [0.1, 0.15) is 0 Å². The quantitative estimate of drug-likeness (QED) is 0.122. The molecule has 0 aliphatic heterocycles. The van der Waals surface area contributed by atoms with Gasteiger partial charge in [-0.25, -0.2) is 9.97 Å². The molecule has 0 saturated heterocycles. The summed E-state index contributed by atoms with van der Waals surface area (Å²) in [4.78, 5) is 37.1. The molecule has 0 aliphatic carbocycles. The first-order valence-corrected chi connectivity index (χ1v) is 12.0. The second-order valence-electron chi connectivity index (χ2n) is 7.32. The summed E-state index contributed by atoms with van der Waals surface area (Å²) in [5.41, 5.74) is 14.2. The van der Waals surface area contributed by atoms with Crippen LogP contribution in [0, 0.1) is 45.3 Å². The van der Waals surface area contributed by atoms with Crippen molar-refractivity contribution in [3.05, 3.63) is 60.9 Å². The molecule has 12 nitrogen and oxygen atoms in total. The molecule has 44 heavy (non-hydrogen) atoms. The van der Waals surface area contributed by atoms with Gasteiger partial charge in [-0.1, -0.05) is 12.1 Å². The molecular formula is C30H32N10O2Rh2. The Kier molecular flexibility index (Phi) is 29.4. The van der Waals surface area contributed by atoms with E-state index in [2.05, 4.69) is 21.4 Å². The minimum atomic E-state index is -0.333. The van der Waals surface area contributed by atoms with Crippen molar-refractivity contribution in [2.24, 2.45) is 11.5 Å². The van der Waals surface area contributed by atoms with Crippen LogP contribution >= 0.6 is 0 Å². The molecule has 0 atom stereocenters. The van der Waals surface area contributed by atoms with Crippen LogP contribution in [0.25, 0.3) is 43.9 Å². The Bertz CT molecular complexity index is 1610. The zero-order valence-corrected chi connectivity index (χ0v) is 28.3. The van der Waals surface area contributed by atoms with Crippen LogP contribution in [0.3, 0.4) is 0 Å². The predicted molar refractivity (Wildman–Crippen MR) is 163 cm³/mol. The molecule has 14 heteroatoms. The zero-order chi connectivity index (χ0) is 32.5. The van der Waals surface area contributed by atoms with Gasteiger partial charge in [0.2, 0.25) is 11.8 Å². The summed E-state index contributed by atoms with van der Waals surface area (Å²) in [7, 11) is 0. The van der Waals surface area contributed by atoms with Gasteiger partial charge in [-0.15, -0.1) is 0 Å². The van der Waals surface area contributed by atoms with Crippen molar-refractivity contribution in [3.63, 3.8) is 0 Å². The zero-order valence-electron chi connectivity index (χ0n) is 25.0. The molecule has 3 heterocycles. The van der Waals surface area contributed by atoms with Gasteiger partial charge in [0.05, 0.1) is 57.4 Å². The van der Waals surface area contributed by atoms with Gasteiger partial charge in [-0.2, -0.15) is 21.0 Å². The number of nitrogens with two attached hydrogens (primary N) is 2. The maximum Gasteiger partial charge on any atom is 0.214 e. The molecule has 0 saturated carbocycles. The molecule has 2 amide bonds. The third-order valence-corrected chi connectivity index (χ3v) is 3.92. The topological polar surface area (TPSA) is 233 Å². The van der Waals surface area contributed by atoms with E-state index >= 15 is 0 Å². The van der Waals surface area contributed by atoms with Crippen molar-refractivity contribution < 1.29 is 48.5 Å². The van der Waals surface area contributed by atoms with Gasteiger partial charge in [-0.05, 0) is 36.4 Å². The first-order chi connectivity index (χ1) is 20.0. The number of aromatic nitrogens is 4. The van der Waals surface area contributed by atoms with Crippen LogP contribution in [0.15, 0.2) is 60.9 Å². The van der Waals surface area contributed by atoms with Crippen LogP contribution < -0.4 is 11.5 Å². The number of fused-ring (bicyclic) bond motifs is 7. The first-order valence-electron chi connectivity index (χ1n) is 12.0. The van der Waals surface area contributed by atoms with Gasteiger partial charge in [0.25, 0.3) is 0 Å². The fourth-order valence-corrected chi connectivity index (χ4v) is 2.95. The minimum Gasteiger partial charge on any atom is -0.370 e. The predicted octanol–water partition coefficient (Wildman–Crippen LogP) is 4.98. The van der Waals surface area contributed by atoms with Gasteiger partial charge in [0, 0.05) is 104 Å². The Balaban J connectivity index is -0.000000305. The summed E-state index contributed by atoms with van der Waals surface area (Å²) in [6.07, 6.45) is 3.58. The maximum absolute atomic E-state index is 9.22. The van der Waals surface area contributed by atoms with E-state index in [9.17, 15) is 9.59 Å². The largest absolute Gasteiger partial charge is 0.370 e. The van der Waals surface area contributed by atoms with Crippen molar-refractivity contribution in [2.45, 2.75) is 41.5 Å². The smallest absolute Gasteiger partial charge is 0.214 e. The second kappa shape index (κ2) is 28.1. The average Bonchev–Trinajstić information content (AvgIpc) is 2.94. The molecule has 5 aromatic rings. The van der Waals surface area contributed by atoms with Crippen molar-refractivity contribution in [2.75, 3.05) is 0 Å². The third-order valence-electron chi connectivity index (χ3n) is 3.92. The summed E-state index contributed by atoms with van der Waals surface area (Å²) in [5, 5.41) is 31.3. The van der Waals surface area contributed by atoms with Crippen molar-refractivity contribution >= 4 is 55.7 Å². The third kappa shape index (κ3) is 17.7. The van der Waals surface area contributed by atoms with E-state index in [0.29, 0.717) is 0 Å². The molecule has 0 bridgehead atoms. The van der Waals surface area contributed by atoms with Crippen LogP contribution in [-0.4, -0.2) is 31.8 Å². The van der Waals surface area contributed by atoms with Crippen molar-refractivity contribution in [1.29, 1.82) is 21.0 Å². The van der Waals surface area contributed by atoms with E-state index in [1.54, 1.807) is 36.7 Å². The van der Waals surface area contributed by atoms with Gasteiger partial charge in [0.15, 0.2) is 0 Å². The Morgan fingerprint density at radius 3 is 1.07 bits per heavy atom. The molecule has 232 valence electrons. The monoisotopic (exact) mass is 770 g/mol. The van der Waals surface area contributed by atoms with Crippen molar-refractivity contribution in [1.82, 2.24) is 19.9 Å². The Morgan fingerprint density at radius 1 is 0.568 bits per heavy atom. The number of carbonyl (C=O) groups is 2. The summed E-state index contributed by atoms with van der Waals surface area (Å²) < 4.78 is 0. The number of hydrogen-bond donors (Lipinski definition) is 2. The van der Waals surface area contributed by atoms with E-state index in [4.69, 9.17) is 31.0 Å². The molecule has 3 aromatic heterocycles. The normalized spacial score (nSPS) is 7.68. The van der Waals surface area contributed by atoms with Gasteiger partial charge >= 0.3 is 0 Å². The summed E-state index contributed by atoms with van der Waals surface area (Å²) in [6.45, 7) is 8.33. The maximum atomic E-state index is 9.22. The minimum absolute atomic E-state index is 0. The Morgan fingerprint density at radius 2 is 0.818 bits per heavy atom.